The molecule has 0 aliphatic carbocycles. The van der Waals surface area contributed by atoms with Crippen molar-refractivity contribution >= 4 is 36.0 Å². The molecule has 1 aliphatic rings. The molecule has 0 unspecified atom stereocenters. The number of ether oxygens (including phenoxy) is 2. The highest BCUT2D eigenvalue weighted by molar-refractivity contribution is 14.0. The highest BCUT2D eigenvalue weighted by Crippen LogP contribution is 2.14. The number of carbonyl (C=O) groups is 1. The Balaban J connectivity index is 0.00000420. The van der Waals surface area contributed by atoms with Crippen molar-refractivity contribution in [3.8, 4) is 0 Å². The Labute approximate surface area is 191 Å². The average molecular weight is 518 g/mol. The molecule has 0 spiro atoms. The van der Waals surface area contributed by atoms with E-state index in [1.165, 1.54) is 0 Å². The molecule has 2 rings (SSSR count). The van der Waals surface area contributed by atoms with E-state index < -0.39 is 0 Å². The molecule has 1 aromatic rings. The van der Waals surface area contributed by atoms with Crippen molar-refractivity contribution in [3.63, 3.8) is 0 Å². The van der Waals surface area contributed by atoms with E-state index >= 15 is 0 Å². The van der Waals surface area contributed by atoms with Gasteiger partial charge in [0.2, 0.25) is 0 Å². The zero-order valence-corrected chi connectivity index (χ0v) is 20.3. The number of amides is 1. The highest BCUT2D eigenvalue weighted by Gasteiger charge is 2.23. The number of carbonyl (C=O) groups excluding carboxylic acids is 1. The summed E-state index contributed by atoms with van der Waals surface area (Å²) in [6.07, 6.45) is 1.42. The second-order valence-corrected chi connectivity index (χ2v) is 8.03. The van der Waals surface area contributed by atoms with Gasteiger partial charge in [-0.1, -0.05) is 24.3 Å². The number of nitrogens with zero attached hydrogens (tertiary/aromatic N) is 2. The molecule has 0 saturated carbocycles. The van der Waals surface area contributed by atoms with Crippen LogP contribution in [0.2, 0.25) is 0 Å². The number of piperidine rings is 1. The molecule has 1 amide bonds. The Morgan fingerprint density at radius 2 is 1.93 bits per heavy atom. The largest absolute Gasteiger partial charge is 0.450 e. The second-order valence-electron chi connectivity index (χ2n) is 8.03. The Hall–Kier alpha value is -1.55. The van der Waals surface area contributed by atoms with Crippen LogP contribution in [0.4, 0.5) is 4.79 Å². The van der Waals surface area contributed by atoms with Crippen molar-refractivity contribution in [1.29, 1.82) is 0 Å². The fourth-order valence-corrected chi connectivity index (χ4v) is 2.97. The van der Waals surface area contributed by atoms with Gasteiger partial charge >= 0.3 is 6.09 Å². The zero-order chi connectivity index (χ0) is 20.6. The topological polar surface area (TPSA) is 89.2 Å². The summed E-state index contributed by atoms with van der Waals surface area (Å²) in [6, 6.07) is 8.43. The Morgan fingerprint density at radius 1 is 1.28 bits per heavy atom. The maximum Gasteiger partial charge on any atom is 0.409 e. The fourth-order valence-electron chi connectivity index (χ4n) is 2.97. The van der Waals surface area contributed by atoms with Gasteiger partial charge in [0.1, 0.15) is 0 Å². The minimum Gasteiger partial charge on any atom is -0.450 e. The highest BCUT2D eigenvalue weighted by atomic mass is 127. The minimum atomic E-state index is -0.238. The molecule has 0 atom stereocenters. The lowest BCUT2D eigenvalue weighted by Crippen LogP contribution is -2.48. The summed E-state index contributed by atoms with van der Waals surface area (Å²) >= 11 is 0. The number of benzene rings is 1. The summed E-state index contributed by atoms with van der Waals surface area (Å²) in [7, 11) is 0. The van der Waals surface area contributed by atoms with Crippen LogP contribution in [-0.4, -0.2) is 48.3 Å². The van der Waals surface area contributed by atoms with Crippen LogP contribution in [-0.2, 0) is 22.6 Å². The third kappa shape index (κ3) is 9.66. The van der Waals surface area contributed by atoms with Gasteiger partial charge in [-0.15, -0.1) is 24.0 Å². The lowest BCUT2D eigenvalue weighted by molar-refractivity contribution is -0.0149. The van der Waals surface area contributed by atoms with Gasteiger partial charge in [0.15, 0.2) is 5.96 Å². The number of hydrogen-bond acceptors (Lipinski definition) is 4. The van der Waals surface area contributed by atoms with Gasteiger partial charge in [-0.3, -0.25) is 0 Å². The molecule has 164 valence electrons. The fraction of sp³-hybridized carbons (Fsp3) is 0.619. The molecule has 1 saturated heterocycles. The first-order valence-electron chi connectivity index (χ1n) is 9.97. The summed E-state index contributed by atoms with van der Waals surface area (Å²) in [5, 5.41) is 3.26. The lowest BCUT2D eigenvalue weighted by atomic mass is 10.1. The van der Waals surface area contributed by atoms with Crippen LogP contribution < -0.4 is 11.1 Å². The van der Waals surface area contributed by atoms with E-state index in [-0.39, 0.29) is 41.7 Å². The van der Waals surface area contributed by atoms with Crippen molar-refractivity contribution < 1.29 is 14.3 Å². The molecular weight excluding hydrogens is 483 g/mol. The predicted molar refractivity (Wildman–Crippen MR) is 126 cm³/mol. The third-order valence-corrected chi connectivity index (χ3v) is 4.47. The number of aliphatic imine (C=N–C) groups is 1. The van der Waals surface area contributed by atoms with Crippen LogP contribution in [0.15, 0.2) is 29.3 Å². The summed E-state index contributed by atoms with van der Waals surface area (Å²) in [5.74, 6) is 0.436. The van der Waals surface area contributed by atoms with E-state index in [0.29, 0.717) is 38.8 Å². The number of guanidine groups is 1. The second kappa shape index (κ2) is 12.2. The van der Waals surface area contributed by atoms with Crippen molar-refractivity contribution in [3.05, 3.63) is 35.4 Å². The van der Waals surface area contributed by atoms with Gasteiger partial charge in [0.25, 0.3) is 0 Å². The first-order valence-corrected chi connectivity index (χ1v) is 9.97. The van der Waals surface area contributed by atoms with Crippen molar-refractivity contribution in [1.82, 2.24) is 10.2 Å². The molecule has 0 aromatic heterocycles. The molecule has 1 heterocycles. The number of hydrogen-bond donors (Lipinski definition) is 2. The van der Waals surface area contributed by atoms with Gasteiger partial charge in [0, 0.05) is 19.1 Å². The van der Waals surface area contributed by atoms with Crippen LogP contribution >= 0.6 is 24.0 Å². The number of likely N-dealkylation sites (tertiary alicyclic amines) is 1. The molecule has 7 nitrogen and oxygen atoms in total. The first kappa shape index (κ1) is 25.5. The van der Waals surface area contributed by atoms with E-state index in [9.17, 15) is 4.79 Å². The van der Waals surface area contributed by atoms with E-state index in [4.69, 9.17) is 15.2 Å². The molecule has 1 aliphatic heterocycles. The summed E-state index contributed by atoms with van der Waals surface area (Å²) < 4.78 is 10.9. The number of nitrogens with one attached hydrogen (secondary N) is 1. The standard InChI is InChI=1S/C21H34N4O3.HI/c1-5-27-20(26)25-11-9-18(10-12-25)24-19(22)23-14-16-7-6-8-17(13-16)15-28-21(2,3)4;/h6-8,13,18H,5,9-12,14-15H2,1-4H3,(H3,22,23,24);1H. The lowest BCUT2D eigenvalue weighted by Gasteiger charge is -2.31. The zero-order valence-electron chi connectivity index (χ0n) is 17.9. The van der Waals surface area contributed by atoms with Crippen molar-refractivity contribution in [2.75, 3.05) is 19.7 Å². The Morgan fingerprint density at radius 3 is 2.55 bits per heavy atom. The van der Waals surface area contributed by atoms with E-state index in [0.717, 1.165) is 24.0 Å². The minimum absolute atomic E-state index is 0. The molecule has 3 N–H and O–H groups in total. The van der Waals surface area contributed by atoms with Crippen LogP contribution in [0.3, 0.4) is 0 Å². The van der Waals surface area contributed by atoms with Gasteiger partial charge in [-0.2, -0.15) is 0 Å². The van der Waals surface area contributed by atoms with Gasteiger partial charge < -0.3 is 25.4 Å². The SMILES string of the molecule is CCOC(=O)N1CCC(NC(N)=NCc2cccc(COC(C)(C)C)c2)CC1.I. The van der Waals surface area contributed by atoms with Crippen LogP contribution in [0.25, 0.3) is 0 Å². The number of rotatable bonds is 6. The van der Waals surface area contributed by atoms with E-state index in [2.05, 4.69) is 22.4 Å². The maximum absolute atomic E-state index is 11.7. The van der Waals surface area contributed by atoms with E-state index in [1.807, 2.05) is 39.8 Å². The predicted octanol–water partition coefficient (Wildman–Crippen LogP) is 3.64. The molecule has 0 radical (unpaired) electrons. The van der Waals surface area contributed by atoms with Crippen LogP contribution in [0, 0.1) is 0 Å². The van der Waals surface area contributed by atoms with Crippen molar-refractivity contribution in [2.45, 2.75) is 65.3 Å². The Bertz CT molecular complexity index is 668. The summed E-state index contributed by atoms with van der Waals surface area (Å²) in [4.78, 5) is 17.9. The summed E-state index contributed by atoms with van der Waals surface area (Å²) in [6.45, 7) is 10.8. The summed E-state index contributed by atoms with van der Waals surface area (Å²) in [5.41, 5.74) is 8.12. The van der Waals surface area contributed by atoms with Gasteiger partial charge in [0.05, 0.1) is 25.4 Å². The quantitative estimate of drug-likeness (QED) is 0.341. The first-order chi connectivity index (χ1) is 13.3. The number of nitrogens with two attached hydrogens (primary N) is 1. The van der Waals surface area contributed by atoms with Gasteiger partial charge in [-0.05, 0) is 51.7 Å². The van der Waals surface area contributed by atoms with E-state index in [1.54, 1.807) is 4.90 Å². The maximum atomic E-state index is 11.7. The monoisotopic (exact) mass is 518 g/mol. The average Bonchev–Trinajstić information content (AvgIpc) is 2.65. The number of halogens is 1. The normalized spacial score (nSPS) is 15.6. The van der Waals surface area contributed by atoms with Crippen molar-refractivity contribution in [2.24, 2.45) is 10.7 Å². The molecule has 1 aromatic carbocycles. The van der Waals surface area contributed by atoms with Crippen LogP contribution in [0.1, 0.15) is 51.7 Å². The Kier molecular flexibility index (Phi) is 10.7. The third-order valence-electron chi connectivity index (χ3n) is 4.47. The molecule has 1 fully saturated rings. The molecular formula is C21H35IN4O3. The molecule has 29 heavy (non-hydrogen) atoms. The van der Waals surface area contributed by atoms with Crippen LogP contribution in [0.5, 0.6) is 0 Å². The molecule has 0 bridgehead atoms. The van der Waals surface area contributed by atoms with Gasteiger partial charge in [-0.25, -0.2) is 9.79 Å². The molecule has 8 heteroatoms. The smallest absolute Gasteiger partial charge is 0.409 e.